The van der Waals surface area contributed by atoms with Gasteiger partial charge in [-0.1, -0.05) is 44.2 Å². The molecule has 48 heavy (non-hydrogen) atoms. The van der Waals surface area contributed by atoms with E-state index >= 15 is 0 Å². The van der Waals surface area contributed by atoms with Crippen molar-refractivity contribution in [2.75, 3.05) is 40.3 Å². The molecule has 4 heterocycles. The number of nitrogens with two attached hydrogens (primary N) is 1. The minimum atomic E-state index is -0.331. The molecule has 6 N–H and O–H groups in total. The maximum Gasteiger partial charge on any atom is 0.207 e. The van der Waals surface area contributed by atoms with Crippen LogP contribution in [0.1, 0.15) is 44.0 Å². The van der Waals surface area contributed by atoms with Gasteiger partial charge in [0.25, 0.3) is 0 Å². The maximum absolute atomic E-state index is 10.1. The molecule has 2 saturated heterocycles. The van der Waals surface area contributed by atoms with Crippen molar-refractivity contribution in [2.24, 2.45) is 11.7 Å². The van der Waals surface area contributed by atoms with Gasteiger partial charge >= 0.3 is 0 Å². The number of ether oxygens (including phenoxy) is 1. The number of methoxy groups -OCH3 is 1. The molecule has 2 aliphatic heterocycles. The van der Waals surface area contributed by atoms with Gasteiger partial charge in [-0.3, -0.25) is 9.69 Å². The third kappa shape index (κ3) is 8.35. The third-order valence-electron chi connectivity index (χ3n) is 8.75. The highest BCUT2D eigenvalue weighted by Crippen LogP contribution is 2.33. The number of rotatable bonds is 8. The molecule has 11 nitrogen and oxygen atoms in total. The number of hydrogen-bond acceptors (Lipinski definition) is 8. The van der Waals surface area contributed by atoms with Gasteiger partial charge in [0.2, 0.25) is 6.41 Å². The smallest absolute Gasteiger partial charge is 0.207 e. The summed E-state index contributed by atoms with van der Waals surface area (Å²) in [4.78, 5) is 38.8. The molecule has 0 spiro atoms. The van der Waals surface area contributed by atoms with E-state index in [0.717, 1.165) is 68.1 Å². The Morgan fingerprint density at radius 3 is 2.29 bits per heavy atom. The Kier molecular flexibility index (Phi) is 12.1. The zero-order valence-corrected chi connectivity index (χ0v) is 29.3. The van der Waals surface area contributed by atoms with Crippen LogP contribution in [0.5, 0.6) is 0 Å². The lowest BCUT2D eigenvalue weighted by Gasteiger charge is -2.16. The lowest BCUT2D eigenvalue weighted by atomic mass is 9.99. The molecule has 2 aromatic heterocycles. The third-order valence-corrected chi connectivity index (χ3v) is 9.90. The maximum atomic E-state index is 10.1. The fourth-order valence-electron chi connectivity index (χ4n) is 6.12. The van der Waals surface area contributed by atoms with Crippen molar-refractivity contribution >= 4 is 43.1 Å². The number of aldehydes is 1. The van der Waals surface area contributed by atoms with Gasteiger partial charge in [-0.25, -0.2) is 9.97 Å². The second-order valence-electron chi connectivity index (χ2n) is 12.8. The summed E-state index contributed by atoms with van der Waals surface area (Å²) in [7, 11) is 6.34. The molecule has 0 saturated carbocycles. The lowest BCUT2D eigenvalue weighted by molar-refractivity contribution is -0.116. The van der Waals surface area contributed by atoms with Gasteiger partial charge in [0, 0.05) is 38.7 Å². The average Bonchev–Trinajstić information content (AvgIpc) is 3.90. The fourth-order valence-corrected chi connectivity index (χ4v) is 7.28. The highest BCUT2D eigenvalue weighted by atomic mass is 31.1. The van der Waals surface area contributed by atoms with Crippen LogP contribution in [0.4, 0.5) is 0 Å². The monoisotopic (exact) mass is 670 g/mol. The largest absolute Gasteiger partial charge is 0.388 e. The standard InChI is InChI=1S/C28H30N7P.C6H11NO2.C2H6O/c1-35-13-21(29)11-26(35)28-30-12-24(34-28)20-5-4-16-8-17(2-3-18(16)9-20)19-6-7-22-23(10-19)33-27(32-22)25-14-36-15-31-25;1-5(2)6(3-8)7-4-9;1-3-2/h2-10,12,21,25-26,31,36H,11,13-15,29H2,1H3,(H,30,34)(H,32,33);3-6H,1-2H3,(H,7,9);1-2H3/t21-,25+,26+;;/m1../s1. The SMILES string of the molecule is CC(C)C(C=O)NC=O.CN1C[C@H](N)C[C@H]1c1ncc(-c2ccc3cc(-c4ccc5nc([C@@H]6CPCN6)[nH]c5c4)ccc3c2)[nH]1.COC. The average molecular weight is 671 g/mol. The minimum Gasteiger partial charge on any atom is -0.388 e. The van der Waals surface area contributed by atoms with Gasteiger partial charge in [0.1, 0.15) is 17.9 Å². The second-order valence-corrected chi connectivity index (χ2v) is 14.0. The summed E-state index contributed by atoms with van der Waals surface area (Å²) < 4.78 is 4.25. The first kappa shape index (κ1) is 35.3. The molecule has 2 unspecified atom stereocenters. The highest BCUT2D eigenvalue weighted by Gasteiger charge is 2.30. The van der Waals surface area contributed by atoms with E-state index in [1.165, 1.54) is 28.1 Å². The van der Waals surface area contributed by atoms with Gasteiger partial charge in [0.05, 0.1) is 41.0 Å². The minimum absolute atomic E-state index is 0.174. The Balaban J connectivity index is 0.000000325. The Labute approximate surface area is 283 Å². The predicted octanol–water partition coefficient (Wildman–Crippen LogP) is 4.98. The van der Waals surface area contributed by atoms with Crippen LogP contribution < -0.4 is 16.4 Å². The van der Waals surface area contributed by atoms with E-state index in [0.29, 0.717) is 12.5 Å². The number of likely N-dealkylation sites (tertiary alicyclic amines) is 1. The van der Waals surface area contributed by atoms with Crippen molar-refractivity contribution in [3.05, 3.63) is 72.4 Å². The molecule has 1 amide bonds. The predicted molar refractivity (Wildman–Crippen MR) is 195 cm³/mol. The summed E-state index contributed by atoms with van der Waals surface area (Å²) in [6, 6.07) is 20.3. The first-order chi connectivity index (χ1) is 23.2. The quantitative estimate of drug-likeness (QED) is 0.115. The number of likely N-dealkylation sites (N-methyl/N-ethyl adjacent to an activating group) is 1. The van der Waals surface area contributed by atoms with Crippen LogP contribution in [0.2, 0.25) is 0 Å². The molecule has 5 aromatic rings. The molecule has 0 aliphatic carbocycles. The van der Waals surface area contributed by atoms with Crippen LogP contribution in [-0.2, 0) is 14.3 Å². The zero-order chi connectivity index (χ0) is 34.2. The molecule has 3 aromatic carbocycles. The van der Waals surface area contributed by atoms with Crippen molar-refractivity contribution in [3.8, 4) is 22.4 Å². The molecule has 2 aliphatic rings. The van der Waals surface area contributed by atoms with E-state index in [1.54, 1.807) is 14.2 Å². The Bertz CT molecular complexity index is 1820. The van der Waals surface area contributed by atoms with Crippen LogP contribution >= 0.6 is 8.58 Å². The summed E-state index contributed by atoms with van der Waals surface area (Å²) in [5.74, 6) is 2.23. The van der Waals surface area contributed by atoms with Crippen molar-refractivity contribution in [2.45, 2.75) is 44.4 Å². The van der Waals surface area contributed by atoms with Crippen LogP contribution in [0.25, 0.3) is 44.2 Å². The molecule has 7 rings (SSSR count). The number of imidazole rings is 2. The van der Waals surface area contributed by atoms with E-state index < -0.39 is 0 Å². The molecule has 2 fully saturated rings. The first-order valence-corrected chi connectivity index (χ1v) is 17.7. The molecular formula is C36H47N8O3P. The second kappa shape index (κ2) is 16.4. The number of nitrogens with one attached hydrogen (secondary N) is 4. The van der Waals surface area contributed by atoms with Crippen LogP contribution in [0, 0.1) is 5.92 Å². The van der Waals surface area contributed by atoms with Crippen molar-refractivity contribution < 1.29 is 14.3 Å². The number of carbonyl (C=O) groups excluding carboxylic acids is 2. The number of hydrogen-bond donors (Lipinski definition) is 5. The van der Waals surface area contributed by atoms with E-state index in [-0.39, 0.29) is 24.0 Å². The Hall–Kier alpha value is -3.99. The number of amides is 1. The summed E-state index contributed by atoms with van der Waals surface area (Å²) in [5, 5.41) is 8.36. The molecule has 0 radical (unpaired) electrons. The van der Waals surface area contributed by atoms with Gasteiger partial charge in [-0.2, -0.15) is 0 Å². The molecule has 12 heteroatoms. The van der Waals surface area contributed by atoms with E-state index in [9.17, 15) is 9.59 Å². The number of nitrogens with zero attached hydrogens (tertiary/aromatic N) is 3. The zero-order valence-electron chi connectivity index (χ0n) is 28.3. The number of H-pyrrole nitrogens is 2. The number of aromatic nitrogens is 4. The summed E-state index contributed by atoms with van der Waals surface area (Å²) in [6.45, 7) is 4.65. The molecular weight excluding hydrogens is 623 g/mol. The van der Waals surface area contributed by atoms with E-state index in [1.807, 2.05) is 20.0 Å². The first-order valence-electron chi connectivity index (χ1n) is 16.3. The Morgan fingerprint density at radius 2 is 1.69 bits per heavy atom. The number of benzene rings is 3. The molecule has 0 bridgehead atoms. The van der Waals surface area contributed by atoms with E-state index in [4.69, 9.17) is 10.7 Å². The van der Waals surface area contributed by atoms with Crippen molar-refractivity contribution in [1.29, 1.82) is 0 Å². The van der Waals surface area contributed by atoms with E-state index in [2.05, 4.69) is 96.9 Å². The van der Waals surface area contributed by atoms with Gasteiger partial charge in [-0.15, -0.1) is 8.58 Å². The van der Waals surface area contributed by atoms with Gasteiger partial charge in [-0.05, 0) is 71.7 Å². The van der Waals surface area contributed by atoms with Crippen LogP contribution in [0.15, 0.2) is 60.8 Å². The number of carbonyl (C=O) groups is 2. The summed E-state index contributed by atoms with van der Waals surface area (Å²) in [6.07, 6.45) is 6.42. The summed E-state index contributed by atoms with van der Waals surface area (Å²) in [5.41, 5.74) is 12.9. The molecule has 5 atom stereocenters. The normalized spacial score (nSPS) is 20.4. The van der Waals surface area contributed by atoms with Gasteiger partial charge in [0.15, 0.2) is 0 Å². The Morgan fingerprint density at radius 1 is 1.00 bits per heavy atom. The van der Waals surface area contributed by atoms with Crippen molar-refractivity contribution in [1.82, 2.24) is 35.5 Å². The molecule has 254 valence electrons. The van der Waals surface area contributed by atoms with Crippen LogP contribution in [-0.4, -0.2) is 89.9 Å². The summed E-state index contributed by atoms with van der Waals surface area (Å²) >= 11 is 0. The highest BCUT2D eigenvalue weighted by molar-refractivity contribution is 7.38. The fraction of sp³-hybridized carbons (Fsp3) is 0.389. The van der Waals surface area contributed by atoms with Crippen LogP contribution in [0.3, 0.4) is 0 Å². The van der Waals surface area contributed by atoms with Gasteiger partial charge < -0.3 is 35.9 Å². The van der Waals surface area contributed by atoms with Crippen molar-refractivity contribution in [3.63, 3.8) is 0 Å². The topological polar surface area (TPSA) is 154 Å². The number of aromatic amines is 2. The lowest BCUT2D eigenvalue weighted by Crippen LogP contribution is -2.33. The number of fused-ring (bicyclic) bond motifs is 2.